The van der Waals surface area contributed by atoms with Gasteiger partial charge in [0.2, 0.25) is 0 Å². The van der Waals surface area contributed by atoms with Gasteiger partial charge >= 0.3 is 0 Å². The van der Waals surface area contributed by atoms with Crippen molar-refractivity contribution in [2.45, 2.75) is 18.9 Å². The fraction of sp³-hybridized carbons (Fsp3) is 0.375. The number of pyridine rings is 1. The normalized spacial score (nSPS) is 21.9. The molecule has 1 aromatic heterocycles. The van der Waals surface area contributed by atoms with Crippen LogP contribution in [0.5, 0.6) is 0 Å². The van der Waals surface area contributed by atoms with Crippen LogP contribution in [-0.4, -0.2) is 29.3 Å². The van der Waals surface area contributed by atoms with Crippen LogP contribution in [0.2, 0.25) is 0 Å². The molecule has 1 aliphatic carbocycles. The number of benzene rings is 1. The number of fused-ring (bicyclic) bond motifs is 1. The summed E-state index contributed by atoms with van der Waals surface area (Å²) < 4.78 is 41.1. The van der Waals surface area contributed by atoms with Gasteiger partial charge in [-0.3, -0.25) is 4.98 Å². The van der Waals surface area contributed by atoms with Crippen molar-refractivity contribution in [2.24, 2.45) is 5.41 Å². The second-order valence-corrected chi connectivity index (χ2v) is 6.27. The highest BCUT2D eigenvalue weighted by atomic mass is 19.2. The number of halogens is 3. The first-order valence-electron chi connectivity index (χ1n) is 7.26. The lowest BCUT2D eigenvalue weighted by Gasteiger charge is -2.21. The number of rotatable bonds is 1. The minimum atomic E-state index is -1.58. The maximum absolute atomic E-state index is 14.0. The van der Waals surface area contributed by atoms with Gasteiger partial charge in [0.25, 0.3) is 0 Å². The zero-order chi connectivity index (χ0) is 16.4. The molecule has 1 spiro atoms. The summed E-state index contributed by atoms with van der Waals surface area (Å²) in [6.07, 6.45) is 2.37. The molecule has 2 aliphatic rings. The predicted octanol–water partition coefficient (Wildman–Crippen LogP) is 2.48. The monoisotopic (exact) mass is 319 g/mol. The SMILES string of the molecule is N#Cc1cnc2c(F)c(F)c(F)cc2c1N1CC(O)C2(CC2)C1. The number of nitrogens with zero attached hydrogens (tertiary/aromatic N) is 3. The highest BCUT2D eigenvalue weighted by Crippen LogP contribution is 2.54. The molecule has 1 saturated carbocycles. The molecule has 1 aliphatic heterocycles. The van der Waals surface area contributed by atoms with E-state index in [1.807, 2.05) is 6.07 Å². The van der Waals surface area contributed by atoms with Crippen LogP contribution in [0, 0.1) is 34.2 Å². The topological polar surface area (TPSA) is 60.2 Å². The summed E-state index contributed by atoms with van der Waals surface area (Å²) >= 11 is 0. The third-order valence-electron chi connectivity index (χ3n) is 4.90. The molecular formula is C16H12F3N3O. The van der Waals surface area contributed by atoms with Crippen molar-refractivity contribution in [3.8, 4) is 6.07 Å². The smallest absolute Gasteiger partial charge is 0.196 e. The van der Waals surface area contributed by atoms with E-state index in [9.17, 15) is 23.5 Å². The summed E-state index contributed by atoms with van der Waals surface area (Å²) in [5.41, 5.74) is -0.0607. The third-order valence-corrected chi connectivity index (χ3v) is 4.90. The second-order valence-electron chi connectivity index (χ2n) is 6.27. The Morgan fingerprint density at radius 2 is 2.04 bits per heavy atom. The van der Waals surface area contributed by atoms with Gasteiger partial charge in [-0.05, 0) is 18.9 Å². The minimum Gasteiger partial charge on any atom is -0.391 e. The first kappa shape index (κ1) is 14.3. The van der Waals surface area contributed by atoms with Crippen molar-refractivity contribution in [3.05, 3.63) is 35.3 Å². The van der Waals surface area contributed by atoms with Crippen LogP contribution in [0.1, 0.15) is 18.4 Å². The quantitative estimate of drug-likeness (QED) is 0.821. The zero-order valence-electron chi connectivity index (χ0n) is 12.0. The Morgan fingerprint density at radius 3 is 2.65 bits per heavy atom. The molecule has 7 heteroatoms. The summed E-state index contributed by atoms with van der Waals surface area (Å²) in [4.78, 5) is 5.51. The van der Waals surface area contributed by atoms with E-state index in [2.05, 4.69) is 4.98 Å². The number of hydrogen-bond acceptors (Lipinski definition) is 4. The molecule has 2 fully saturated rings. The molecule has 1 saturated heterocycles. The van der Waals surface area contributed by atoms with Crippen LogP contribution >= 0.6 is 0 Å². The van der Waals surface area contributed by atoms with E-state index in [0.29, 0.717) is 12.2 Å². The van der Waals surface area contributed by atoms with Gasteiger partial charge in [0.05, 0.1) is 17.4 Å². The summed E-state index contributed by atoms with van der Waals surface area (Å²) in [5.74, 6) is -4.28. The molecule has 1 atom stereocenters. The van der Waals surface area contributed by atoms with Gasteiger partial charge in [-0.25, -0.2) is 13.2 Å². The maximum Gasteiger partial charge on any atom is 0.196 e. The van der Waals surface area contributed by atoms with Gasteiger partial charge in [-0.2, -0.15) is 5.26 Å². The molecule has 1 unspecified atom stereocenters. The van der Waals surface area contributed by atoms with Gasteiger partial charge in [0.15, 0.2) is 17.5 Å². The maximum atomic E-state index is 14.0. The number of aromatic nitrogens is 1. The summed E-state index contributed by atoms with van der Waals surface area (Å²) in [6.45, 7) is 0.775. The first-order valence-corrected chi connectivity index (χ1v) is 7.26. The fourth-order valence-corrected chi connectivity index (χ4v) is 3.42. The molecule has 0 radical (unpaired) electrons. The van der Waals surface area contributed by atoms with E-state index in [4.69, 9.17) is 0 Å². The Balaban J connectivity index is 1.96. The lowest BCUT2D eigenvalue weighted by molar-refractivity contribution is 0.136. The second kappa shape index (κ2) is 4.59. The Kier molecular flexibility index (Phi) is 2.85. The largest absolute Gasteiger partial charge is 0.391 e. The minimum absolute atomic E-state index is 0.0466. The van der Waals surface area contributed by atoms with Crippen molar-refractivity contribution in [1.29, 1.82) is 5.26 Å². The molecule has 2 heterocycles. The number of β-amino-alcohol motifs (C(OH)–C–C–N with tert-alkyl or cyclic N) is 1. The van der Waals surface area contributed by atoms with Crippen molar-refractivity contribution in [3.63, 3.8) is 0 Å². The molecule has 23 heavy (non-hydrogen) atoms. The highest BCUT2D eigenvalue weighted by molar-refractivity contribution is 5.95. The van der Waals surface area contributed by atoms with E-state index < -0.39 is 23.6 Å². The van der Waals surface area contributed by atoms with Crippen molar-refractivity contribution in [1.82, 2.24) is 4.98 Å². The number of nitriles is 1. The van der Waals surface area contributed by atoms with Crippen LogP contribution in [0.4, 0.5) is 18.9 Å². The Labute approximate surface area is 129 Å². The lowest BCUT2D eigenvalue weighted by Crippen LogP contribution is -2.22. The molecule has 1 N–H and O–H groups in total. The van der Waals surface area contributed by atoms with Gasteiger partial charge in [0.1, 0.15) is 11.6 Å². The van der Waals surface area contributed by atoms with Crippen LogP contribution in [0.25, 0.3) is 10.9 Å². The Hall–Kier alpha value is -2.33. The molecule has 118 valence electrons. The predicted molar refractivity (Wildman–Crippen MR) is 76.2 cm³/mol. The third kappa shape index (κ3) is 1.91. The molecule has 4 rings (SSSR count). The molecule has 4 nitrogen and oxygen atoms in total. The Morgan fingerprint density at radius 1 is 1.30 bits per heavy atom. The molecule has 1 aromatic carbocycles. The molecule has 2 aromatic rings. The Bertz CT molecular complexity index is 873. The van der Waals surface area contributed by atoms with Crippen LogP contribution in [0.15, 0.2) is 12.3 Å². The lowest BCUT2D eigenvalue weighted by atomic mass is 10.0. The summed E-state index contributed by atoms with van der Waals surface area (Å²) in [7, 11) is 0. The standard InChI is InChI=1S/C16H12F3N3O/c17-10-3-9-14(13(19)12(10)18)21-5-8(4-20)15(9)22-6-11(23)16(7-22)1-2-16/h3,5,11,23H,1-2,6-7H2. The van der Waals surface area contributed by atoms with E-state index in [-0.39, 0.29) is 28.4 Å². The van der Waals surface area contributed by atoms with Gasteiger partial charge in [-0.1, -0.05) is 0 Å². The molecule has 0 bridgehead atoms. The van der Waals surface area contributed by atoms with Gasteiger partial charge in [-0.15, -0.1) is 0 Å². The van der Waals surface area contributed by atoms with Gasteiger partial charge < -0.3 is 10.0 Å². The van der Waals surface area contributed by atoms with Crippen molar-refractivity contribution >= 4 is 16.6 Å². The van der Waals surface area contributed by atoms with E-state index >= 15 is 0 Å². The summed E-state index contributed by atoms with van der Waals surface area (Å²) in [5, 5.41) is 19.5. The fourth-order valence-electron chi connectivity index (χ4n) is 3.42. The highest BCUT2D eigenvalue weighted by Gasteiger charge is 2.55. The van der Waals surface area contributed by atoms with E-state index in [1.54, 1.807) is 4.90 Å². The average Bonchev–Trinajstić information content (AvgIpc) is 3.24. The van der Waals surface area contributed by atoms with Crippen molar-refractivity contribution in [2.75, 3.05) is 18.0 Å². The molecular weight excluding hydrogens is 307 g/mol. The summed E-state index contributed by atoms with van der Waals surface area (Å²) in [6, 6.07) is 2.82. The number of aliphatic hydroxyl groups excluding tert-OH is 1. The zero-order valence-corrected chi connectivity index (χ0v) is 12.0. The van der Waals surface area contributed by atoms with Gasteiger partial charge in [0, 0.05) is 30.1 Å². The number of aliphatic hydroxyl groups is 1. The first-order chi connectivity index (χ1) is 11.0. The molecule has 0 amide bonds. The number of hydrogen-bond donors (Lipinski definition) is 1. The average molecular weight is 319 g/mol. The number of anilines is 1. The van der Waals surface area contributed by atoms with E-state index in [0.717, 1.165) is 25.1 Å². The van der Waals surface area contributed by atoms with Crippen LogP contribution in [-0.2, 0) is 0 Å². The van der Waals surface area contributed by atoms with Crippen LogP contribution in [0.3, 0.4) is 0 Å². The van der Waals surface area contributed by atoms with E-state index in [1.165, 1.54) is 0 Å². The van der Waals surface area contributed by atoms with Crippen LogP contribution < -0.4 is 4.90 Å². The van der Waals surface area contributed by atoms with Crippen molar-refractivity contribution < 1.29 is 18.3 Å².